The van der Waals surface area contributed by atoms with Gasteiger partial charge in [-0.2, -0.15) is 0 Å². The summed E-state index contributed by atoms with van der Waals surface area (Å²) in [4.78, 5) is 7.12. The Morgan fingerprint density at radius 3 is 1.46 bits per heavy atom. The van der Waals surface area contributed by atoms with E-state index in [0.717, 1.165) is 11.8 Å². The topological polar surface area (TPSA) is 3.24 Å². The number of hydrogen-bond donors (Lipinski definition) is 0. The monoisotopic (exact) mass is 771 g/mol. The molecule has 2 unspecified atom stereocenters. The van der Waals surface area contributed by atoms with Crippen molar-refractivity contribution in [2.75, 3.05) is 18.0 Å². The first kappa shape index (κ1) is 39.7. The SMILES string of the molecule is CCCCC(CC)CN(CC(CC)CCCC)c1ccc(-c2ccc(-c3cc[c]([Sn]([CH2]CCC)([CH2]CCC)[CH2]CCC)s3)s2)cc1. The van der Waals surface area contributed by atoms with Crippen molar-refractivity contribution in [1.82, 2.24) is 0 Å². The number of hydrogen-bond acceptors (Lipinski definition) is 3. The molecular formula is C42H69NS2Sn. The normalized spacial score (nSPS) is 13.3. The van der Waals surface area contributed by atoms with Gasteiger partial charge in [0, 0.05) is 0 Å². The summed E-state index contributed by atoms with van der Waals surface area (Å²) in [5, 5.41) is 0. The quantitative estimate of drug-likeness (QED) is 0.0776. The third kappa shape index (κ3) is 12.0. The fraction of sp³-hybridized carbons (Fsp3) is 0.667. The predicted octanol–water partition coefficient (Wildman–Crippen LogP) is 14.4. The van der Waals surface area contributed by atoms with Crippen LogP contribution in [0.3, 0.4) is 0 Å². The number of thiophene rings is 2. The second kappa shape index (κ2) is 22.0. The van der Waals surface area contributed by atoms with Crippen LogP contribution in [0.2, 0.25) is 13.3 Å². The third-order valence-corrected chi connectivity index (χ3v) is 31.3. The summed E-state index contributed by atoms with van der Waals surface area (Å²) >= 11 is 1.80. The van der Waals surface area contributed by atoms with Crippen LogP contribution in [0.5, 0.6) is 0 Å². The first-order valence-electron chi connectivity index (χ1n) is 19.5. The third-order valence-electron chi connectivity index (χ3n) is 10.6. The van der Waals surface area contributed by atoms with Crippen molar-refractivity contribution in [2.24, 2.45) is 11.8 Å². The summed E-state index contributed by atoms with van der Waals surface area (Å²) in [6.07, 6.45) is 18.9. The maximum atomic E-state index is 2.75. The molecule has 0 spiro atoms. The van der Waals surface area contributed by atoms with Crippen LogP contribution in [-0.4, -0.2) is 31.5 Å². The molecule has 2 heterocycles. The van der Waals surface area contributed by atoms with Gasteiger partial charge in [0.25, 0.3) is 0 Å². The molecule has 46 heavy (non-hydrogen) atoms. The minimum atomic E-state index is -2.38. The van der Waals surface area contributed by atoms with Gasteiger partial charge in [0.05, 0.1) is 0 Å². The van der Waals surface area contributed by atoms with Gasteiger partial charge in [-0.1, -0.05) is 66.2 Å². The molecule has 1 nitrogen and oxygen atoms in total. The summed E-state index contributed by atoms with van der Waals surface area (Å²) in [7, 11) is 0. The summed E-state index contributed by atoms with van der Waals surface area (Å²) in [5.41, 5.74) is 2.79. The zero-order valence-electron chi connectivity index (χ0n) is 31.0. The fourth-order valence-corrected chi connectivity index (χ4v) is 28.5. The van der Waals surface area contributed by atoms with Crippen molar-refractivity contribution in [1.29, 1.82) is 0 Å². The summed E-state index contributed by atoms with van der Waals surface area (Å²) in [6, 6.07) is 19.5. The summed E-state index contributed by atoms with van der Waals surface area (Å²) < 4.78 is 6.52. The van der Waals surface area contributed by atoms with Crippen molar-refractivity contribution < 1.29 is 0 Å². The molecular weight excluding hydrogens is 701 g/mol. The number of benzene rings is 1. The van der Waals surface area contributed by atoms with E-state index < -0.39 is 18.4 Å². The molecule has 3 aromatic rings. The second-order valence-corrected chi connectivity index (χ2v) is 30.5. The van der Waals surface area contributed by atoms with E-state index in [1.165, 1.54) is 129 Å². The van der Waals surface area contributed by atoms with Crippen LogP contribution in [0.1, 0.15) is 138 Å². The zero-order valence-corrected chi connectivity index (χ0v) is 35.5. The second-order valence-electron chi connectivity index (χ2n) is 14.2. The molecule has 2 atom stereocenters. The Hall–Kier alpha value is -0.781. The van der Waals surface area contributed by atoms with Crippen LogP contribution in [0.15, 0.2) is 48.5 Å². The molecule has 1 aromatic carbocycles. The molecule has 258 valence electrons. The molecule has 0 N–H and O–H groups in total. The van der Waals surface area contributed by atoms with Crippen LogP contribution in [0.4, 0.5) is 5.69 Å². The number of rotatable bonds is 25. The Bertz CT molecular complexity index is 1150. The maximum absolute atomic E-state index is 2.75. The number of nitrogens with zero attached hydrogens (tertiary/aromatic N) is 1. The van der Waals surface area contributed by atoms with Crippen molar-refractivity contribution in [2.45, 2.75) is 152 Å². The zero-order chi connectivity index (χ0) is 33.2. The van der Waals surface area contributed by atoms with E-state index in [2.05, 4.69) is 113 Å². The van der Waals surface area contributed by atoms with Gasteiger partial charge in [0.1, 0.15) is 0 Å². The van der Waals surface area contributed by atoms with E-state index in [4.69, 9.17) is 0 Å². The summed E-state index contributed by atoms with van der Waals surface area (Å²) in [6.45, 7) is 19.0. The van der Waals surface area contributed by atoms with Gasteiger partial charge in [-0.3, -0.25) is 0 Å². The van der Waals surface area contributed by atoms with E-state index in [0.29, 0.717) is 0 Å². The van der Waals surface area contributed by atoms with Gasteiger partial charge in [0.2, 0.25) is 0 Å². The molecule has 0 aliphatic heterocycles. The van der Waals surface area contributed by atoms with Crippen molar-refractivity contribution in [3.05, 3.63) is 48.5 Å². The first-order chi connectivity index (χ1) is 22.5. The molecule has 0 fully saturated rings. The van der Waals surface area contributed by atoms with Crippen LogP contribution in [0, 0.1) is 11.8 Å². The van der Waals surface area contributed by atoms with E-state index >= 15 is 0 Å². The molecule has 0 amide bonds. The Balaban J connectivity index is 1.83. The Morgan fingerprint density at radius 1 is 0.522 bits per heavy atom. The molecule has 3 rings (SSSR count). The molecule has 0 saturated heterocycles. The number of unbranched alkanes of at least 4 members (excludes halogenated alkanes) is 5. The van der Waals surface area contributed by atoms with Gasteiger partial charge in [0.15, 0.2) is 0 Å². The standard InChI is InChI=1S/C30H42NS2.3C4H9.Sn/c1-5-9-12-24(7-3)22-31(23-25(8-4)13-10-6-2)27-17-15-26(16-18-27)28-19-20-30(33-28)29-14-11-21-32-29;3*1-3-4-2;/h11,14-20,24-25H,5-10,12-13,22-23H2,1-4H3;3*1,3-4H2,2H3;. The average Bonchev–Trinajstić information content (AvgIpc) is 3.79. The molecule has 0 radical (unpaired) electrons. The molecule has 0 aliphatic carbocycles. The van der Waals surface area contributed by atoms with E-state index in [-0.39, 0.29) is 0 Å². The van der Waals surface area contributed by atoms with Crippen molar-refractivity contribution in [3.8, 4) is 20.2 Å². The average molecular weight is 771 g/mol. The molecule has 0 bridgehead atoms. The van der Waals surface area contributed by atoms with E-state index in [1.54, 1.807) is 13.3 Å². The van der Waals surface area contributed by atoms with Gasteiger partial charge in [-0.15, -0.1) is 0 Å². The Morgan fingerprint density at radius 2 is 0.978 bits per heavy atom. The number of anilines is 1. The molecule has 4 heteroatoms. The van der Waals surface area contributed by atoms with Gasteiger partial charge < -0.3 is 0 Å². The van der Waals surface area contributed by atoms with E-state index in [1.807, 2.05) is 14.2 Å². The molecule has 2 aromatic heterocycles. The molecule has 0 aliphatic rings. The van der Waals surface area contributed by atoms with Crippen LogP contribution >= 0.6 is 22.7 Å². The van der Waals surface area contributed by atoms with Crippen molar-refractivity contribution >= 4 is 49.6 Å². The minimum absolute atomic E-state index is 0.785. The fourth-order valence-electron chi connectivity index (χ4n) is 7.25. The van der Waals surface area contributed by atoms with Gasteiger partial charge in [-0.25, -0.2) is 0 Å². The van der Waals surface area contributed by atoms with Crippen LogP contribution in [-0.2, 0) is 0 Å². The Kier molecular flexibility index (Phi) is 19.0. The van der Waals surface area contributed by atoms with Gasteiger partial charge in [-0.05, 0) is 24.7 Å². The van der Waals surface area contributed by atoms with Crippen molar-refractivity contribution in [3.63, 3.8) is 0 Å². The van der Waals surface area contributed by atoms with E-state index in [9.17, 15) is 0 Å². The van der Waals surface area contributed by atoms with Crippen LogP contribution in [0.25, 0.3) is 20.2 Å². The molecule has 0 saturated carbocycles. The first-order valence-corrected chi connectivity index (χ1v) is 28.6. The summed E-state index contributed by atoms with van der Waals surface area (Å²) in [5.74, 6) is 1.57. The predicted molar refractivity (Wildman–Crippen MR) is 216 cm³/mol. The van der Waals surface area contributed by atoms with Gasteiger partial charge >= 0.3 is 209 Å². The van der Waals surface area contributed by atoms with Crippen LogP contribution < -0.4 is 7.79 Å². The Labute approximate surface area is 297 Å².